The number of carbonyl (C=O) groups is 1. The molecule has 1 heterocycles. The molecule has 0 atom stereocenters. The van der Waals surface area contributed by atoms with Crippen LogP contribution in [-0.2, 0) is 0 Å². The van der Waals surface area contributed by atoms with Gasteiger partial charge in [-0.2, -0.15) is 0 Å². The van der Waals surface area contributed by atoms with Gasteiger partial charge in [0.1, 0.15) is 5.82 Å². The number of aromatic carboxylic acids is 1. The van der Waals surface area contributed by atoms with Gasteiger partial charge in [0.05, 0.1) is 5.56 Å². The van der Waals surface area contributed by atoms with Crippen molar-refractivity contribution in [2.45, 2.75) is 0 Å². The maximum Gasteiger partial charge on any atom is 0.337 e. The predicted molar refractivity (Wildman–Crippen MR) is 65.5 cm³/mol. The lowest BCUT2D eigenvalue weighted by molar-refractivity contribution is 0.0698. The fraction of sp³-hybridized carbons (Fsp3) is 0. The molecule has 0 aliphatic heterocycles. The number of nitrogen functional groups attached to an aromatic ring is 2. The zero-order chi connectivity index (χ0) is 12.4. The highest BCUT2D eigenvalue weighted by molar-refractivity contribution is 5.95. The van der Waals surface area contributed by atoms with Crippen molar-refractivity contribution in [3.05, 3.63) is 42.1 Å². The van der Waals surface area contributed by atoms with Crippen LogP contribution in [0.4, 0.5) is 11.5 Å². The standard InChI is InChI=1S/C12H11N3O2/c13-10-3-1-7(5-9(10)12(16)17)8-2-4-11(14)15-6-8/h1-6H,13H2,(H2,14,15)(H,16,17). The molecule has 1 aromatic heterocycles. The van der Waals surface area contributed by atoms with Gasteiger partial charge in [-0.3, -0.25) is 0 Å². The number of nitrogens with zero attached hydrogens (tertiary/aromatic N) is 1. The molecular weight excluding hydrogens is 218 g/mol. The lowest BCUT2D eigenvalue weighted by Crippen LogP contribution is -2.02. The van der Waals surface area contributed by atoms with Crippen molar-refractivity contribution < 1.29 is 9.90 Å². The second-order valence-corrected chi connectivity index (χ2v) is 3.58. The third kappa shape index (κ3) is 2.17. The number of nitrogens with two attached hydrogens (primary N) is 2. The number of anilines is 2. The Labute approximate surface area is 97.7 Å². The smallest absolute Gasteiger partial charge is 0.337 e. The average Bonchev–Trinajstić information content (AvgIpc) is 2.30. The molecule has 0 amide bonds. The van der Waals surface area contributed by atoms with Crippen LogP contribution in [0, 0.1) is 0 Å². The van der Waals surface area contributed by atoms with E-state index in [1.54, 1.807) is 30.5 Å². The van der Waals surface area contributed by atoms with Gasteiger partial charge in [-0.1, -0.05) is 6.07 Å². The Bertz CT molecular complexity index is 564. The molecule has 86 valence electrons. The van der Waals surface area contributed by atoms with E-state index >= 15 is 0 Å². The molecule has 2 rings (SSSR count). The summed E-state index contributed by atoms with van der Waals surface area (Å²) in [6.07, 6.45) is 1.59. The Morgan fingerprint density at radius 1 is 1.12 bits per heavy atom. The highest BCUT2D eigenvalue weighted by Crippen LogP contribution is 2.23. The number of carboxylic acids is 1. The van der Waals surface area contributed by atoms with E-state index in [0.717, 1.165) is 11.1 Å². The van der Waals surface area contributed by atoms with Gasteiger partial charge in [0.25, 0.3) is 0 Å². The normalized spacial score (nSPS) is 10.1. The van der Waals surface area contributed by atoms with Gasteiger partial charge < -0.3 is 16.6 Å². The molecule has 0 radical (unpaired) electrons. The van der Waals surface area contributed by atoms with Gasteiger partial charge in [0, 0.05) is 17.4 Å². The second kappa shape index (κ2) is 4.13. The van der Waals surface area contributed by atoms with E-state index in [-0.39, 0.29) is 11.3 Å². The minimum Gasteiger partial charge on any atom is -0.478 e. The Morgan fingerprint density at radius 3 is 2.41 bits per heavy atom. The second-order valence-electron chi connectivity index (χ2n) is 3.58. The van der Waals surface area contributed by atoms with Gasteiger partial charge >= 0.3 is 5.97 Å². The van der Waals surface area contributed by atoms with Gasteiger partial charge in [-0.25, -0.2) is 9.78 Å². The number of hydrogen-bond donors (Lipinski definition) is 3. The molecule has 0 bridgehead atoms. The van der Waals surface area contributed by atoms with Crippen molar-refractivity contribution in [3.63, 3.8) is 0 Å². The van der Waals surface area contributed by atoms with Gasteiger partial charge in [0.15, 0.2) is 0 Å². The van der Waals surface area contributed by atoms with Crippen LogP contribution in [0.1, 0.15) is 10.4 Å². The van der Waals surface area contributed by atoms with Crippen molar-refractivity contribution in [3.8, 4) is 11.1 Å². The minimum atomic E-state index is -1.05. The summed E-state index contributed by atoms with van der Waals surface area (Å²) >= 11 is 0. The van der Waals surface area contributed by atoms with Crippen molar-refractivity contribution in [2.24, 2.45) is 0 Å². The average molecular weight is 229 g/mol. The molecule has 0 aliphatic rings. The van der Waals surface area contributed by atoms with Crippen LogP contribution >= 0.6 is 0 Å². The molecule has 0 unspecified atom stereocenters. The third-order valence-corrected chi connectivity index (χ3v) is 2.40. The molecule has 17 heavy (non-hydrogen) atoms. The summed E-state index contributed by atoms with van der Waals surface area (Å²) in [7, 11) is 0. The summed E-state index contributed by atoms with van der Waals surface area (Å²) in [6, 6.07) is 8.26. The first-order valence-electron chi connectivity index (χ1n) is 4.92. The van der Waals surface area contributed by atoms with E-state index in [1.807, 2.05) is 0 Å². The van der Waals surface area contributed by atoms with Crippen LogP contribution in [-0.4, -0.2) is 16.1 Å². The van der Waals surface area contributed by atoms with Crippen LogP contribution in [0.15, 0.2) is 36.5 Å². The molecule has 2 aromatic rings. The van der Waals surface area contributed by atoms with E-state index in [9.17, 15) is 4.79 Å². The van der Waals surface area contributed by atoms with Crippen molar-refractivity contribution in [1.82, 2.24) is 4.98 Å². The van der Waals surface area contributed by atoms with Crippen LogP contribution in [0.5, 0.6) is 0 Å². The molecule has 5 heteroatoms. The zero-order valence-corrected chi connectivity index (χ0v) is 8.92. The number of benzene rings is 1. The predicted octanol–water partition coefficient (Wildman–Crippen LogP) is 1.61. The largest absolute Gasteiger partial charge is 0.478 e. The van der Waals surface area contributed by atoms with Crippen LogP contribution in [0.25, 0.3) is 11.1 Å². The topological polar surface area (TPSA) is 102 Å². The van der Waals surface area contributed by atoms with Gasteiger partial charge in [-0.05, 0) is 29.8 Å². The van der Waals surface area contributed by atoms with Crippen molar-refractivity contribution >= 4 is 17.5 Å². The number of aromatic nitrogens is 1. The summed E-state index contributed by atoms with van der Waals surface area (Å²) in [5.74, 6) is -0.629. The lowest BCUT2D eigenvalue weighted by Gasteiger charge is -2.05. The van der Waals surface area contributed by atoms with Crippen molar-refractivity contribution in [1.29, 1.82) is 0 Å². The van der Waals surface area contributed by atoms with Gasteiger partial charge in [-0.15, -0.1) is 0 Å². The highest BCUT2D eigenvalue weighted by Gasteiger charge is 2.09. The molecule has 0 fully saturated rings. The molecule has 5 nitrogen and oxygen atoms in total. The monoisotopic (exact) mass is 229 g/mol. The van der Waals surface area contributed by atoms with E-state index in [4.69, 9.17) is 16.6 Å². The van der Waals surface area contributed by atoms with E-state index < -0.39 is 5.97 Å². The molecule has 0 spiro atoms. The maximum absolute atomic E-state index is 10.9. The Morgan fingerprint density at radius 2 is 1.82 bits per heavy atom. The summed E-state index contributed by atoms with van der Waals surface area (Å²) < 4.78 is 0. The molecule has 1 aromatic carbocycles. The lowest BCUT2D eigenvalue weighted by atomic mass is 10.0. The molecule has 0 aliphatic carbocycles. The Kier molecular flexibility index (Phi) is 2.66. The van der Waals surface area contributed by atoms with Crippen LogP contribution in [0.2, 0.25) is 0 Å². The number of pyridine rings is 1. The fourth-order valence-electron chi connectivity index (χ4n) is 1.50. The summed E-state index contributed by atoms with van der Waals surface area (Å²) in [6.45, 7) is 0. The number of hydrogen-bond acceptors (Lipinski definition) is 4. The van der Waals surface area contributed by atoms with E-state index in [2.05, 4.69) is 4.98 Å². The summed E-state index contributed by atoms with van der Waals surface area (Å²) in [5.41, 5.74) is 12.9. The Balaban J connectivity index is 2.50. The molecule has 0 saturated carbocycles. The first kappa shape index (κ1) is 10.9. The highest BCUT2D eigenvalue weighted by atomic mass is 16.4. The van der Waals surface area contributed by atoms with Crippen LogP contribution < -0.4 is 11.5 Å². The quantitative estimate of drug-likeness (QED) is 0.679. The molecular formula is C12H11N3O2. The molecule has 5 N–H and O–H groups in total. The Hall–Kier alpha value is -2.56. The zero-order valence-electron chi connectivity index (χ0n) is 8.92. The third-order valence-electron chi connectivity index (χ3n) is 2.40. The maximum atomic E-state index is 10.9. The minimum absolute atomic E-state index is 0.0827. The summed E-state index contributed by atoms with van der Waals surface area (Å²) in [4.78, 5) is 14.9. The van der Waals surface area contributed by atoms with Crippen molar-refractivity contribution in [2.75, 3.05) is 11.5 Å². The van der Waals surface area contributed by atoms with Crippen LogP contribution in [0.3, 0.4) is 0 Å². The van der Waals surface area contributed by atoms with Gasteiger partial charge in [0.2, 0.25) is 0 Å². The number of rotatable bonds is 2. The van der Waals surface area contributed by atoms with E-state index in [1.165, 1.54) is 6.07 Å². The molecule has 0 saturated heterocycles. The fourth-order valence-corrected chi connectivity index (χ4v) is 1.50. The van der Waals surface area contributed by atoms with E-state index in [0.29, 0.717) is 5.82 Å². The first-order valence-corrected chi connectivity index (χ1v) is 4.92. The summed E-state index contributed by atoms with van der Waals surface area (Å²) in [5, 5.41) is 8.97. The SMILES string of the molecule is Nc1ccc(-c2ccc(N)c(C(=O)O)c2)cn1. The number of carboxylic acid groups (broad SMARTS) is 1. The first-order chi connectivity index (χ1) is 8.08.